The second kappa shape index (κ2) is 5.54. The summed E-state index contributed by atoms with van der Waals surface area (Å²) in [7, 11) is 0. The molecule has 1 fully saturated rings. The van der Waals surface area contributed by atoms with Gasteiger partial charge in [0.05, 0.1) is 8.66 Å². The van der Waals surface area contributed by atoms with Crippen LogP contribution in [0.25, 0.3) is 0 Å². The smallest absolute Gasteiger partial charge is 0.175 e. The summed E-state index contributed by atoms with van der Waals surface area (Å²) in [4.78, 5) is 13.3. The Labute approximate surface area is 123 Å². The molecule has 2 rings (SSSR count). The Morgan fingerprint density at radius 1 is 1.29 bits per heavy atom. The Hall–Kier alpha value is 0.330. The van der Waals surface area contributed by atoms with Crippen LogP contribution in [0.2, 0.25) is 0 Å². The summed E-state index contributed by atoms with van der Waals surface area (Å²) in [6.07, 6.45) is 3.29. The van der Waals surface area contributed by atoms with Crippen molar-refractivity contribution in [1.82, 2.24) is 0 Å². The summed E-state index contributed by atoms with van der Waals surface area (Å²) >= 11 is 8.43. The molecule has 0 aliphatic heterocycles. The van der Waals surface area contributed by atoms with E-state index < -0.39 is 0 Å². The van der Waals surface area contributed by atoms with Crippen molar-refractivity contribution >= 4 is 49.0 Å². The van der Waals surface area contributed by atoms with Crippen LogP contribution in [-0.2, 0) is 0 Å². The van der Waals surface area contributed by atoms with Gasteiger partial charge in [-0.25, -0.2) is 0 Å². The molecule has 1 aliphatic rings. The van der Waals surface area contributed by atoms with Gasteiger partial charge >= 0.3 is 0 Å². The molecule has 3 unspecified atom stereocenters. The summed E-state index contributed by atoms with van der Waals surface area (Å²) in [6.45, 7) is 4.56. The van der Waals surface area contributed by atoms with Gasteiger partial charge in [-0.2, -0.15) is 0 Å². The summed E-state index contributed by atoms with van der Waals surface area (Å²) in [6, 6.07) is 1.94. The molecule has 1 aliphatic carbocycles. The van der Waals surface area contributed by atoms with E-state index in [0.717, 1.165) is 31.9 Å². The topological polar surface area (TPSA) is 17.1 Å². The van der Waals surface area contributed by atoms with Gasteiger partial charge in [-0.3, -0.25) is 4.79 Å². The van der Waals surface area contributed by atoms with Crippen molar-refractivity contribution in [2.75, 3.05) is 0 Å². The molecule has 1 aromatic heterocycles. The number of carbonyl (C=O) groups is 1. The fourth-order valence-corrected chi connectivity index (χ4v) is 4.51. The lowest BCUT2D eigenvalue weighted by molar-refractivity contribution is 0.0842. The molecule has 0 bridgehead atoms. The molecule has 0 spiro atoms. The molecule has 0 radical (unpaired) electrons. The molecule has 0 aromatic carbocycles. The van der Waals surface area contributed by atoms with E-state index in [1.807, 2.05) is 6.07 Å². The zero-order chi connectivity index (χ0) is 12.6. The normalized spacial score (nSPS) is 29.3. The average Bonchev–Trinajstić information content (AvgIpc) is 2.62. The van der Waals surface area contributed by atoms with Crippen LogP contribution in [0.4, 0.5) is 0 Å². The highest BCUT2D eigenvalue weighted by Gasteiger charge is 2.30. The van der Waals surface area contributed by atoms with Gasteiger partial charge in [0.1, 0.15) is 0 Å². The van der Waals surface area contributed by atoms with Crippen LogP contribution < -0.4 is 0 Å². The lowest BCUT2D eigenvalue weighted by Gasteiger charge is -2.30. The maximum Gasteiger partial charge on any atom is 0.175 e. The van der Waals surface area contributed by atoms with Crippen molar-refractivity contribution in [2.45, 2.75) is 33.1 Å². The van der Waals surface area contributed by atoms with Crippen LogP contribution in [0.3, 0.4) is 0 Å². The fraction of sp³-hybridized carbons (Fsp3) is 0.615. The molecule has 1 nitrogen and oxygen atoms in total. The van der Waals surface area contributed by atoms with Crippen molar-refractivity contribution in [3.63, 3.8) is 0 Å². The van der Waals surface area contributed by atoms with Crippen LogP contribution in [0, 0.1) is 17.8 Å². The predicted molar refractivity (Wildman–Crippen MR) is 79.7 cm³/mol. The molecule has 94 valence electrons. The molecule has 0 saturated heterocycles. The number of hydrogen-bond donors (Lipinski definition) is 0. The number of Topliss-reactive ketones (excluding diaryl/α,β-unsaturated/α-hetero) is 1. The van der Waals surface area contributed by atoms with E-state index in [1.54, 1.807) is 0 Å². The molecule has 1 saturated carbocycles. The zero-order valence-electron chi connectivity index (χ0n) is 10.0. The van der Waals surface area contributed by atoms with E-state index in [1.165, 1.54) is 17.8 Å². The molecule has 0 amide bonds. The first kappa shape index (κ1) is 13.8. The Kier molecular flexibility index (Phi) is 4.48. The lowest BCUT2D eigenvalue weighted by atomic mass is 9.74. The van der Waals surface area contributed by atoms with Gasteiger partial charge in [0.15, 0.2) is 5.78 Å². The number of thiophene rings is 1. The van der Waals surface area contributed by atoms with E-state index in [9.17, 15) is 4.79 Å². The second-order valence-corrected chi connectivity index (χ2v) is 8.29. The van der Waals surface area contributed by atoms with E-state index in [0.29, 0.717) is 11.7 Å². The number of hydrogen-bond acceptors (Lipinski definition) is 2. The highest BCUT2D eigenvalue weighted by Crippen LogP contribution is 2.38. The maximum atomic E-state index is 12.4. The van der Waals surface area contributed by atoms with Gasteiger partial charge in [-0.1, -0.05) is 13.8 Å². The van der Waals surface area contributed by atoms with Crippen LogP contribution in [0.5, 0.6) is 0 Å². The third-order valence-electron chi connectivity index (χ3n) is 3.86. The first-order chi connectivity index (χ1) is 7.99. The van der Waals surface area contributed by atoms with Crippen molar-refractivity contribution in [2.24, 2.45) is 17.8 Å². The first-order valence-electron chi connectivity index (χ1n) is 5.98. The van der Waals surface area contributed by atoms with Crippen molar-refractivity contribution in [3.05, 3.63) is 19.2 Å². The number of carbonyl (C=O) groups excluding carboxylic acids is 1. The summed E-state index contributed by atoms with van der Waals surface area (Å²) < 4.78 is 2.00. The standard InChI is InChI=1S/C13H16Br2OS/c1-7-3-4-9(5-8(7)2)12(16)11-6-10(14)13(15)17-11/h6-9H,3-5H2,1-2H3. The van der Waals surface area contributed by atoms with Crippen molar-refractivity contribution in [1.29, 1.82) is 0 Å². The van der Waals surface area contributed by atoms with E-state index in [2.05, 4.69) is 45.7 Å². The third-order valence-corrected chi connectivity index (χ3v) is 7.13. The lowest BCUT2D eigenvalue weighted by Crippen LogP contribution is -2.26. The van der Waals surface area contributed by atoms with Gasteiger partial charge in [0, 0.05) is 10.4 Å². The molecule has 0 N–H and O–H groups in total. The van der Waals surface area contributed by atoms with Crippen LogP contribution >= 0.6 is 43.2 Å². The number of rotatable bonds is 2. The number of halogens is 2. The fourth-order valence-electron chi connectivity index (χ4n) is 2.45. The molecular formula is C13H16Br2OS. The van der Waals surface area contributed by atoms with Gasteiger partial charge in [-0.15, -0.1) is 11.3 Å². The minimum absolute atomic E-state index is 0.235. The van der Waals surface area contributed by atoms with E-state index in [4.69, 9.17) is 0 Å². The Morgan fingerprint density at radius 3 is 2.53 bits per heavy atom. The molecule has 4 heteroatoms. The Balaban J connectivity index is 2.10. The van der Waals surface area contributed by atoms with Crippen LogP contribution in [0.15, 0.2) is 14.3 Å². The van der Waals surface area contributed by atoms with Gasteiger partial charge in [0.2, 0.25) is 0 Å². The van der Waals surface area contributed by atoms with Gasteiger partial charge in [0.25, 0.3) is 0 Å². The van der Waals surface area contributed by atoms with Gasteiger partial charge < -0.3 is 0 Å². The van der Waals surface area contributed by atoms with E-state index >= 15 is 0 Å². The number of ketones is 1. The SMILES string of the molecule is CC1CCC(C(=O)c2cc(Br)c(Br)s2)CC1C. The minimum atomic E-state index is 0.235. The molecule has 1 heterocycles. The molecular weight excluding hydrogens is 364 g/mol. The largest absolute Gasteiger partial charge is 0.293 e. The average molecular weight is 380 g/mol. The van der Waals surface area contributed by atoms with Crippen LogP contribution in [0.1, 0.15) is 42.8 Å². The Bertz CT molecular complexity index is 408. The summed E-state index contributed by atoms with van der Waals surface area (Å²) in [5.41, 5.74) is 0. The van der Waals surface area contributed by atoms with E-state index in [-0.39, 0.29) is 5.92 Å². The first-order valence-corrected chi connectivity index (χ1v) is 8.38. The quantitative estimate of drug-likeness (QED) is 0.617. The summed E-state index contributed by atoms with van der Waals surface area (Å²) in [5, 5.41) is 0. The highest BCUT2D eigenvalue weighted by atomic mass is 79.9. The molecule has 17 heavy (non-hydrogen) atoms. The summed E-state index contributed by atoms with van der Waals surface area (Å²) in [5.74, 6) is 2.00. The van der Waals surface area contributed by atoms with Gasteiger partial charge in [-0.05, 0) is 69.0 Å². The molecule has 3 atom stereocenters. The van der Waals surface area contributed by atoms with Crippen molar-refractivity contribution < 1.29 is 4.79 Å². The second-order valence-electron chi connectivity index (χ2n) is 5.06. The maximum absolute atomic E-state index is 12.4. The zero-order valence-corrected chi connectivity index (χ0v) is 14.0. The van der Waals surface area contributed by atoms with Crippen LogP contribution in [-0.4, -0.2) is 5.78 Å². The highest BCUT2D eigenvalue weighted by molar-refractivity contribution is 9.13. The van der Waals surface area contributed by atoms with Crippen molar-refractivity contribution in [3.8, 4) is 0 Å². The molecule has 1 aromatic rings. The predicted octanol–water partition coefficient (Wildman–Crippen LogP) is 5.53. The Morgan fingerprint density at radius 2 is 2.00 bits per heavy atom. The minimum Gasteiger partial charge on any atom is -0.293 e. The monoisotopic (exact) mass is 378 g/mol. The third kappa shape index (κ3) is 3.02.